The second-order valence-electron chi connectivity index (χ2n) is 4.92. The zero-order valence-electron chi connectivity index (χ0n) is 11.0. The van der Waals surface area contributed by atoms with E-state index in [4.69, 9.17) is 21.1 Å². The second kappa shape index (κ2) is 6.88. The molecule has 0 saturated carbocycles. The maximum Gasteiger partial charge on any atom is 0.189 e. The third-order valence-corrected chi connectivity index (χ3v) is 2.50. The Morgan fingerprint density at radius 1 is 1.22 bits per heavy atom. The van der Waals surface area contributed by atoms with Crippen LogP contribution in [0.3, 0.4) is 0 Å². The van der Waals surface area contributed by atoms with E-state index in [1.807, 2.05) is 20.8 Å². The summed E-state index contributed by atoms with van der Waals surface area (Å²) in [5, 5.41) is 0.456. The summed E-state index contributed by atoms with van der Waals surface area (Å²) in [5.74, 6) is -0.114. The van der Waals surface area contributed by atoms with Gasteiger partial charge in [-0.1, -0.05) is 23.7 Å². The Balaban J connectivity index is 2.28. The zero-order valence-corrected chi connectivity index (χ0v) is 11.8. The number of hydrogen-bond acceptors (Lipinski definition) is 3. The van der Waals surface area contributed by atoms with Gasteiger partial charge in [0.15, 0.2) is 5.78 Å². The Labute approximate surface area is 113 Å². The Morgan fingerprint density at radius 2 is 1.89 bits per heavy atom. The van der Waals surface area contributed by atoms with Crippen molar-refractivity contribution in [3.05, 3.63) is 34.9 Å². The van der Waals surface area contributed by atoms with E-state index in [-0.39, 0.29) is 18.0 Å². The molecule has 18 heavy (non-hydrogen) atoms. The Kier molecular flexibility index (Phi) is 5.79. The number of rotatable bonds is 6. The zero-order chi connectivity index (χ0) is 13.6. The molecule has 0 heterocycles. The number of carbonyl (C=O) groups excluding carboxylic acids is 1. The van der Waals surface area contributed by atoms with E-state index in [2.05, 4.69) is 0 Å². The van der Waals surface area contributed by atoms with Crippen molar-refractivity contribution in [3.8, 4) is 0 Å². The number of ketones is 1. The molecule has 0 N–H and O–H groups in total. The van der Waals surface area contributed by atoms with Crippen molar-refractivity contribution in [2.24, 2.45) is 0 Å². The molecule has 0 unspecified atom stereocenters. The Morgan fingerprint density at radius 3 is 2.50 bits per heavy atom. The SMILES string of the molecule is CC(C)(C)OCCOCC(=O)c1ccccc1Cl. The second-order valence-corrected chi connectivity index (χ2v) is 5.32. The highest BCUT2D eigenvalue weighted by atomic mass is 35.5. The van der Waals surface area contributed by atoms with Crippen LogP contribution in [0.4, 0.5) is 0 Å². The highest BCUT2D eigenvalue weighted by Crippen LogP contribution is 2.15. The lowest BCUT2D eigenvalue weighted by atomic mass is 10.1. The van der Waals surface area contributed by atoms with Crippen molar-refractivity contribution in [1.29, 1.82) is 0 Å². The first-order valence-corrected chi connectivity index (χ1v) is 6.27. The average molecular weight is 271 g/mol. The predicted molar refractivity (Wildman–Crippen MR) is 72.3 cm³/mol. The van der Waals surface area contributed by atoms with Crippen LogP contribution in [-0.2, 0) is 9.47 Å². The lowest BCUT2D eigenvalue weighted by Crippen LogP contribution is -2.22. The summed E-state index contributed by atoms with van der Waals surface area (Å²) in [6.45, 7) is 6.82. The standard InChI is InChI=1S/C14H19ClO3/c1-14(2,3)18-9-8-17-10-13(16)11-6-4-5-7-12(11)15/h4-7H,8-10H2,1-3H3. The van der Waals surface area contributed by atoms with Gasteiger partial charge >= 0.3 is 0 Å². The fraction of sp³-hybridized carbons (Fsp3) is 0.500. The number of Topliss-reactive ketones (excluding diaryl/α,β-unsaturated/α-hetero) is 1. The lowest BCUT2D eigenvalue weighted by Gasteiger charge is -2.19. The highest BCUT2D eigenvalue weighted by molar-refractivity contribution is 6.34. The van der Waals surface area contributed by atoms with Crippen LogP contribution < -0.4 is 0 Å². The van der Waals surface area contributed by atoms with Gasteiger partial charge in [0.1, 0.15) is 6.61 Å². The minimum Gasteiger partial charge on any atom is -0.373 e. The molecule has 0 spiro atoms. The average Bonchev–Trinajstić information content (AvgIpc) is 2.27. The van der Waals surface area contributed by atoms with Crippen LogP contribution in [0.5, 0.6) is 0 Å². The fourth-order valence-electron chi connectivity index (χ4n) is 1.34. The van der Waals surface area contributed by atoms with Gasteiger partial charge in [-0.2, -0.15) is 0 Å². The Hall–Kier alpha value is -0.900. The van der Waals surface area contributed by atoms with Gasteiger partial charge in [-0.25, -0.2) is 0 Å². The largest absolute Gasteiger partial charge is 0.373 e. The molecule has 1 rings (SSSR count). The van der Waals surface area contributed by atoms with E-state index in [0.29, 0.717) is 23.8 Å². The monoisotopic (exact) mass is 270 g/mol. The topological polar surface area (TPSA) is 35.5 Å². The van der Waals surface area contributed by atoms with E-state index in [0.717, 1.165) is 0 Å². The minimum absolute atomic E-state index is 0.0250. The van der Waals surface area contributed by atoms with Gasteiger partial charge in [-0.05, 0) is 32.9 Å². The van der Waals surface area contributed by atoms with Gasteiger partial charge in [0.05, 0.1) is 23.8 Å². The summed E-state index contributed by atoms with van der Waals surface area (Å²) >= 11 is 5.92. The summed E-state index contributed by atoms with van der Waals surface area (Å²) in [4.78, 5) is 11.8. The molecular formula is C14H19ClO3. The smallest absolute Gasteiger partial charge is 0.189 e. The molecule has 3 nitrogen and oxygen atoms in total. The molecule has 100 valence electrons. The minimum atomic E-state index is -0.184. The first-order valence-electron chi connectivity index (χ1n) is 5.89. The van der Waals surface area contributed by atoms with Crippen molar-refractivity contribution >= 4 is 17.4 Å². The van der Waals surface area contributed by atoms with Gasteiger partial charge in [-0.3, -0.25) is 4.79 Å². The third-order valence-electron chi connectivity index (χ3n) is 2.17. The molecule has 0 bridgehead atoms. The van der Waals surface area contributed by atoms with Gasteiger partial charge in [0.2, 0.25) is 0 Å². The molecular weight excluding hydrogens is 252 g/mol. The van der Waals surface area contributed by atoms with E-state index in [9.17, 15) is 4.79 Å². The Bertz CT molecular complexity index is 396. The van der Waals surface area contributed by atoms with Crippen LogP contribution in [-0.4, -0.2) is 31.2 Å². The summed E-state index contributed by atoms with van der Waals surface area (Å²) in [5.41, 5.74) is 0.312. The van der Waals surface area contributed by atoms with Crippen molar-refractivity contribution in [2.45, 2.75) is 26.4 Å². The molecule has 0 radical (unpaired) electrons. The van der Waals surface area contributed by atoms with Crippen LogP contribution >= 0.6 is 11.6 Å². The molecule has 0 saturated heterocycles. The fourth-order valence-corrected chi connectivity index (χ4v) is 1.58. The molecule has 0 aliphatic heterocycles. The number of carbonyl (C=O) groups is 1. The van der Waals surface area contributed by atoms with E-state index in [1.54, 1.807) is 24.3 Å². The molecule has 0 atom stereocenters. The van der Waals surface area contributed by atoms with Crippen molar-refractivity contribution < 1.29 is 14.3 Å². The highest BCUT2D eigenvalue weighted by Gasteiger charge is 2.11. The normalized spacial score (nSPS) is 11.6. The van der Waals surface area contributed by atoms with E-state index < -0.39 is 0 Å². The van der Waals surface area contributed by atoms with Gasteiger partial charge in [-0.15, -0.1) is 0 Å². The molecule has 0 aliphatic rings. The molecule has 0 amide bonds. The summed E-state index contributed by atoms with van der Waals surface area (Å²) in [7, 11) is 0. The van der Waals surface area contributed by atoms with Crippen LogP contribution in [0.1, 0.15) is 31.1 Å². The maximum atomic E-state index is 11.8. The number of ether oxygens (including phenoxy) is 2. The van der Waals surface area contributed by atoms with Crippen molar-refractivity contribution in [2.75, 3.05) is 19.8 Å². The van der Waals surface area contributed by atoms with Gasteiger partial charge in [0.25, 0.3) is 0 Å². The van der Waals surface area contributed by atoms with Crippen LogP contribution in [0.15, 0.2) is 24.3 Å². The van der Waals surface area contributed by atoms with Crippen LogP contribution in [0, 0.1) is 0 Å². The van der Waals surface area contributed by atoms with Gasteiger partial charge in [0, 0.05) is 5.56 Å². The number of benzene rings is 1. The van der Waals surface area contributed by atoms with Crippen molar-refractivity contribution in [3.63, 3.8) is 0 Å². The molecule has 4 heteroatoms. The number of halogens is 1. The molecule has 0 aromatic heterocycles. The number of hydrogen-bond donors (Lipinski definition) is 0. The maximum absolute atomic E-state index is 11.8. The van der Waals surface area contributed by atoms with E-state index >= 15 is 0 Å². The molecule has 0 fully saturated rings. The molecule has 1 aromatic carbocycles. The van der Waals surface area contributed by atoms with E-state index in [1.165, 1.54) is 0 Å². The quantitative estimate of drug-likeness (QED) is 0.587. The molecule has 1 aromatic rings. The first-order chi connectivity index (χ1) is 8.40. The van der Waals surface area contributed by atoms with Gasteiger partial charge < -0.3 is 9.47 Å². The summed E-state index contributed by atoms with van der Waals surface area (Å²) in [6.07, 6.45) is 0. The third kappa shape index (κ3) is 5.63. The van der Waals surface area contributed by atoms with Crippen LogP contribution in [0.25, 0.3) is 0 Å². The predicted octanol–water partition coefficient (Wildman–Crippen LogP) is 3.35. The molecule has 0 aliphatic carbocycles. The van der Waals surface area contributed by atoms with Crippen LogP contribution in [0.2, 0.25) is 5.02 Å². The summed E-state index contributed by atoms with van der Waals surface area (Å²) < 4.78 is 10.7. The lowest BCUT2D eigenvalue weighted by molar-refractivity contribution is -0.0324. The first kappa shape index (κ1) is 15.2. The summed E-state index contributed by atoms with van der Waals surface area (Å²) in [6, 6.07) is 6.95. The van der Waals surface area contributed by atoms with Crippen molar-refractivity contribution in [1.82, 2.24) is 0 Å².